The lowest BCUT2D eigenvalue weighted by Gasteiger charge is -2.19. The second-order valence-corrected chi connectivity index (χ2v) is 8.82. The molecule has 10 nitrogen and oxygen atoms in total. The van der Waals surface area contributed by atoms with E-state index in [4.69, 9.17) is 15.2 Å². The molecule has 2 fully saturated rings. The average molecular weight is 414 g/mol. The lowest BCUT2D eigenvalue weighted by atomic mass is 10.2. The summed E-state index contributed by atoms with van der Waals surface area (Å²) in [4.78, 5) is 42.5. The van der Waals surface area contributed by atoms with E-state index in [1.165, 1.54) is 23.4 Å². The fraction of sp³-hybridized carbons (Fsp3) is 0.600. The number of carbonyl (C=O) groups excluding carboxylic acids is 1. The second-order valence-electron chi connectivity index (χ2n) is 6.52. The van der Waals surface area contributed by atoms with Gasteiger partial charge in [-0.25, -0.2) is 0 Å². The molecular weight excluding hydrogens is 396 g/mol. The van der Waals surface area contributed by atoms with Crippen molar-refractivity contribution < 1.29 is 19.4 Å². The Kier molecular flexibility index (Phi) is 4.74. The molecule has 0 unspecified atom stereocenters. The Morgan fingerprint density at radius 3 is 2.93 bits per heavy atom. The summed E-state index contributed by atoms with van der Waals surface area (Å²) in [6, 6.07) is 0. The van der Waals surface area contributed by atoms with Gasteiger partial charge in [0.1, 0.15) is 10.1 Å². The first-order valence-corrected chi connectivity index (χ1v) is 10.1. The summed E-state index contributed by atoms with van der Waals surface area (Å²) in [6.45, 7) is 0. The second kappa shape index (κ2) is 6.93. The van der Waals surface area contributed by atoms with Crippen LogP contribution in [0.15, 0.2) is 9.59 Å². The van der Waals surface area contributed by atoms with Crippen molar-refractivity contribution in [1.29, 1.82) is 0 Å². The number of aromatic nitrogens is 3. The molecule has 0 spiro atoms. The largest absolute Gasteiger partial charge is 0.469 e. The zero-order valence-electron chi connectivity index (χ0n) is 14.3. The van der Waals surface area contributed by atoms with Crippen LogP contribution in [0.1, 0.15) is 25.5 Å². The monoisotopic (exact) mass is 414 g/mol. The van der Waals surface area contributed by atoms with Crippen LogP contribution in [0.4, 0.5) is 5.95 Å². The van der Waals surface area contributed by atoms with Crippen molar-refractivity contribution in [2.45, 2.75) is 42.3 Å². The van der Waals surface area contributed by atoms with E-state index in [1.54, 1.807) is 0 Å². The molecule has 0 amide bonds. The van der Waals surface area contributed by atoms with Crippen LogP contribution < -0.4 is 16.2 Å². The summed E-state index contributed by atoms with van der Waals surface area (Å²) < 4.78 is 12.1. The molecule has 0 aromatic carbocycles. The van der Waals surface area contributed by atoms with E-state index in [2.05, 4.69) is 9.97 Å². The first-order chi connectivity index (χ1) is 12.9. The minimum Gasteiger partial charge on any atom is -0.469 e. The highest BCUT2D eigenvalue weighted by Gasteiger charge is 2.47. The van der Waals surface area contributed by atoms with Crippen LogP contribution in [-0.2, 0) is 14.3 Å². The van der Waals surface area contributed by atoms with Crippen LogP contribution in [0, 0.1) is 5.92 Å². The van der Waals surface area contributed by atoms with Crippen LogP contribution in [0.25, 0.3) is 10.3 Å². The molecule has 2 aromatic heterocycles. The molecule has 4 rings (SSSR count). The highest BCUT2D eigenvalue weighted by atomic mass is 32.2. The molecule has 1 saturated carbocycles. The molecule has 27 heavy (non-hydrogen) atoms. The van der Waals surface area contributed by atoms with Crippen molar-refractivity contribution in [2.75, 3.05) is 12.8 Å². The zero-order chi connectivity index (χ0) is 19.3. The Hall–Kier alpha value is -1.89. The molecular formula is C15H18N4O6S2. The molecule has 1 saturated heterocycles. The van der Waals surface area contributed by atoms with Crippen molar-refractivity contribution in [1.82, 2.24) is 14.5 Å². The Bertz CT molecular complexity index is 996. The summed E-state index contributed by atoms with van der Waals surface area (Å²) in [6.07, 6.45) is 0.262. The van der Waals surface area contributed by atoms with E-state index in [1.807, 2.05) is 0 Å². The third kappa shape index (κ3) is 3.37. The number of hydrogen-bond donors (Lipinski definition) is 3. The van der Waals surface area contributed by atoms with E-state index in [-0.39, 0.29) is 28.6 Å². The number of esters is 1. The van der Waals surface area contributed by atoms with E-state index in [9.17, 15) is 19.5 Å². The quantitative estimate of drug-likeness (QED) is 0.575. The van der Waals surface area contributed by atoms with Crippen LogP contribution in [0.3, 0.4) is 0 Å². The predicted octanol–water partition coefficient (Wildman–Crippen LogP) is 0.0192. The number of nitrogens with one attached hydrogen (secondary N) is 1. The summed E-state index contributed by atoms with van der Waals surface area (Å²) in [5, 5.41) is 9.97. The number of nitrogen functional groups attached to an aromatic ring is 1. The van der Waals surface area contributed by atoms with Gasteiger partial charge in [-0.15, -0.1) is 11.8 Å². The molecule has 0 bridgehead atoms. The minimum absolute atomic E-state index is 0.0117. The highest BCUT2D eigenvalue weighted by molar-refractivity contribution is 8.00. The molecule has 2 aliphatic rings. The van der Waals surface area contributed by atoms with Gasteiger partial charge in [0.25, 0.3) is 5.56 Å². The molecule has 146 valence electrons. The number of aliphatic hydroxyl groups is 1. The number of ether oxygens (including phenoxy) is 2. The number of nitrogens with two attached hydrogens (primary N) is 1. The molecule has 0 radical (unpaired) electrons. The number of anilines is 1. The number of aliphatic hydroxyl groups excluding tert-OH is 1. The van der Waals surface area contributed by atoms with Gasteiger partial charge in [0.05, 0.1) is 24.9 Å². The number of hydrogen-bond acceptors (Lipinski definition) is 10. The normalized spacial score (nSPS) is 26.4. The van der Waals surface area contributed by atoms with Crippen molar-refractivity contribution in [3.63, 3.8) is 0 Å². The third-order valence-corrected chi connectivity index (χ3v) is 6.98. The summed E-state index contributed by atoms with van der Waals surface area (Å²) in [5.74, 6) is -0.420. The van der Waals surface area contributed by atoms with Crippen molar-refractivity contribution in [2.24, 2.45) is 5.92 Å². The van der Waals surface area contributed by atoms with Crippen LogP contribution in [-0.4, -0.2) is 49.5 Å². The van der Waals surface area contributed by atoms with Gasteiger partial charge in [0.2, 0.25) is 5.95 Å². The van der Waals surface area contributed by atoms with Gasteiger partial charge in [0, 0.05) is 0 Å². The Morgan fingerprint density at radius 2 is 2.26 bits per heavy atom. The molecule has 12 heteroatoms. The lowest BCUT2D eigenvalue weighted by molar-refractivity contribution is -0.141. The molecule has 4 atom stereocenters. The molecule has 4 N–H and O–H groups in total. The molecule has 3 heterocycles. The maximum atomic E-state index is 12.6. The first-order valence-electron chi connectivity index (χ1n) is 8.35. The van der Waals surface area contributed by atoms with Gasteiger partial charge in [-0.05, 0) is 18.8 Å². The number of rotatable bonds is 5. The fourth-order valence-electron chi connectivity index (χ4n) is 3.11. The van der Waals surface area contributed by atoms with E-state index < -0.39 is 39.4 Å². The van der Waals surface area contributed by atoms with Gasteiger partial charge in [-0.3, -0.25) is 23.9 Å². The number of methoxy groups -OCH3 is 1. The van der Waals surface area contributed by atoms with E-state index in [0.717, 1.165) is 24.2 Å². The first kappa shape index (κ1) is 18.5. The highest BCUT2D eigenvalue weighted by Crippen LogP contribution is 2.47. The number of carbonyl (C=O) groups is 1. The average Bonchev–Trinajstić information content (AvgIpc) is 3.32. The summed E-state index contributed by atoms with van der Waals surface area (Å²) in [7, 11) is 1.28. The van der Waals surface area contributed by atoms with Gasteiger partial charge in [-0.1, -0.05) is 11.3 Å². The number of H-pyrrole nitrogens is 1. The molecule has 1 aliphatic carbocycles. The Morgan fingerprint density at radius 1 is 1.52 bits per heavy atom. The van der Waals surface area contributed by atoms with E-state index in [0.29, 0.717) is 0 Å². The number of aromatic amines is 1. The molecule has 1 aliphatic heterocycles. The Balaban J connectivity index is 1.76. The summed E-state index contributed by atoms with van der Waals surface area (Å²) >= 11 is 2.02. The lowest BCUT2D eigenvalue weighted by Crippen LogP contribution is -2.30. The maximum absolute atomic E-state index is 12.6. The van der Waals surface area contributed by atoms with Gasteiger partial charge in [0.15, 0.2) is 11.9 Å². The summed E-state index contributed by atoms with van der Waals surface area (Å²) in [5.41, 5.74) is 4.63. The smallest absolute Gasteiger partial charge is 0.311 e. The van der Waals surface area contributed by atoms with Crippen LogP contribution in [0.5, 0.6) is 0 Å². The van der Waals surface area contributed by atoms with Gasteiger partial charge in [-0.2, -0.15) is 4.98 Å². The fourth-order valence-corrected chi connectivity index (χ4v) is 5.41. The number of thioether (sulfide) groups is 1. The van der Waals surface area contributed by atoms with Crippen molar-refractivity contribution in [3.05, 3.63) is 20.0 Å². The van der Waals surface area contributed by atoms with Crippen LogP contribution >= 0.6 is 23.1 Å². The minimum atomic E-state index is -0.873. The topological polar surface area (TPSA) is 150 Å². The number of thiazole rings is 1. The SMILES string of the molecule is COC(=O)C[C@@H]1S[C@@H]([C@@H](O)C2CC2)O[C@@H]1n1c(=O)sc2c(=O)[nH]c(N)nc21. The van der Waals surface area contributed by atoms with Crippen LogP contribution in [0.2, 0.25) is 0 Å². The Labute approximate surface area is 160 Å². The van der Waals surface area contributed by atoms with Crippen molar-refractivity contribution >= 4 is 45.4 Å². The standard InChI is InChI=1S/C15H18N4O6S2/c1-24-7(20)4-6-12(25-13(26-6)8(21)5-2-3-5)19-10-9(27-15(19)23)11(22)18-14(16)17-10/h5-6,8,12-13,21H,2-4H2,1H3,(H3,16,17,18,22)/t6-,8-,12-,13-/m0/s1. The maximum Gasteiger partial charge on any atom is 0.311 e. The number of fused-ring (bicyclic) bond motifs is 1. The third-order valence-electron chi connectivity index (χ3n) is 4.63. The van der Waals surface area contributed by atoms with E-state index >= 15 is 0 Å². The zero-order valence-corrected chi connectivity index (χ0v) is 15.9. The van der Waals surface area contributed by atoms with Crippen molar-refractivity contribution in [3.8, 4) is 0 Å². The van der Waals surface area contributed by atoms with Gasteiger partial charge < -0.3 is 20.3 Å². The molecule has 2 aromatic rings. The van der Waals surface area contributed by atoms with Gasteiger partial charge >= 0.3 is 10.8 Å². The predicted molar refractivity (Wildman–Crippen MR) is 99.6 cm³/mol. The number of nitrogens with zero attached hydrogens (tertiary/aromatic N) is 2.